The van der Waals surface area contributed by atoms with Gasteiger partial charge in [0.05, 0.1) is 35.3 Å². The van der Waals surface area contributed by atoms with Crippen molar-refractivity contribution in [2.24, 2.45) is 11.3 Å². The third kappa shape index (κ3) is 14.2. The van der Waals surface area contributed by atoms with Gasteiger partial charge < -0.3 is 25.8 Å². The van der Waals surface area contributed by atoms with Crippen molar-refractivity contribution in [3.05, 3.63) is 70.9 Å². The number of carbonyl (C=O) groups excluding carboxylic acids is 5. The summed E-state index contributed by atoms with van der Waals surface area (Å²) in [6.45, 7) is 14.9. The average molecular weight is 870 g/mol. The predicted molar refractivity (Wildman–Crippen MR) is 249 cm³/mol. The molecule has 0 spiro atoms. The van der Waals surface area contributed by atoms with Crippen LogP contribution in [0.3, 0.4) is 0 Å². The van der Waals surface area contributed by atoms with E-state index >= 15 is 0 Å². The number of hydrogen-bond acceptors (Lipinski definition) is 9. The fourth-order valence-corrected chi connectivity index (χ4v) is 9.38. The zero-order chi connectivity index (χ0) is 44.6. The van der Waals surface area contributed by atoms with Crippen molar-refractivity contribution >= 4 is 46.4 Å². The molecule has 3 aromatic rings. The summed E-state index contributed by atoms with van der Waals surface area (Å²) in [4.78, 5) is 75.3. The van der Waals surface area contributed by atoms with E-state index in [0.29, 0.717) is 18.7 Å². The number of hydrogen-bond donors (Lipinski definition) is 4. The number of thiazole rings is 1. The van der Waals surface area contributed by atoms with Gasteiger partial charge in [-0.3, -0.25) is 29.3 Å². The van der Waals surface area contributed by atoms with E-state index < -0.39 is 23.4 Å². The molecule has 4 N–H and O–H groups in total. The molecule has 0 saturated carbocycles. The molecule has 3 heterocycles. The van der Waals surface area contributed by atoms with E-state index in [1.807, 2.05) is 76.5 Å². The second-order valence-corrected chi connectivity index (χ2v) is 19.2. The Hall–Kier alpha value is -4.62. The first-order valence-electron chi connectivity index (χ1n) is 23.0. The van der Waals surface area contributed by atoms with Crippen molar-refractivity contribution in [3.63, 3.8) is 0 Å². The normalized spacial score (nSPS) is 17.9. The lowest BCUT2D eigenvalue weighted by Crippen LogP contribution is -2.57. The Kier molecular flexibility index (Phi) is 18.5. The van der Waals surface area contributed by atoms with Crippen LogP contribution in [0, 0.1) is 18.3 Å². The van der Waals surface area contributed by atoms with Gasteiger partial charge in [-0.25, -0.2) is 4.98 Å². The summed E-state index contributed by atoms with van der Waals surface area (Å²) in [6.07, 6.45) is 12.5. The summed E-state index contributed by atoms with van der Waals surface area (Å²) < 4.78 is 0. The van der Waals surface area contributed by atoms with Gasteiger partial charge in [-0.05, 0) is 99.2 Å². The quantitative estimate of drug-likeness (QED) is 0.0619. The SMILES string of the molecule is CCCNCNC(=O)c1ccc(N2CCCC(CCCCCCCCC(=O)N[C@H](C(=O)N3CC(=O)C[C@H]3C(=O)N[C@@H](C)c3ccc(-c4scnc4C)cc3)C(C)(C)C)CC2)cc1. The van der Waals surface area contributed by atoms with Crippen molar-refractivity contribution in [1.82, 2.24) is 31.2 Å². The Morgan fingerprint density at radius 3 is 2.29 bits per heavy atom. The summed E-state index contributed by atoms with van der Waals surface area (Å²) in [5.41, 5.74) is 6.01. The Balaban J connectivity index is 0.983. The third-order valence-corrected chi connectivity index (χ3v) is 13.3. The molecular formula is C49H71N7O5S. The van der Waals surface area contributed by atoms with E-state index in [2.05, 4.69) is 50.2 Å². The van der Waals surface area contributed by atoms with Gasteiger partial charge in [-0.2, -0.15) is 0 Å². The fraction of sp³-hybridized carbons (Fsp3) is 0.592. The van der Waals surface area contributed by atoms with Crippen LogP contribution < -0.4 is 26.2 Å². The van der Waals surface area contributed by atoms with Crippen LogP contribution in [0.25, 0.3) is 10.4 Å². The lowest BCUT2D eigenvalue weighted by atomic mass is 9.85. The molecule has 4 amide bonds. The van der Waals surface area contributed by atoms with Gasteiger partial charge in [0.2, 0.25) is 17.7 Å². The van der Waals surface area contributed by atoms with E-state index in [4.69, 9.17) is 0 Å². The topological polar surface area (TPSA) is 153 Å². The Morgan fingerprint density at radius 2 is 1.61 bits per heavy atom. The molecule has 2 fully saturated rings. The lowest BCUT2D eigenvalue weighted by molar-refractivity contribution is -0.144. The minimum Gasteiger partial charge on any atom is -0.372 e. The summed E-state index contributed by atoms with van der Waals surface area (Å²) in [5.74, 6) is -0.459. The summed E-state index contributed by atoms with van der Waals surface area (Å²) >= 11 is 1.58. The molecule has 2 aliphatic rings. The van der Waals surface area contributed by atoms with Gasteiger partial charge >= 0.3 is 0 Å². The highest BCUT2D eigenvalue weighted by atomic mass is 32.1. The van der Waals surface area contributed by atoms with Gasteiger partial charge in [-0.1, -0.05) is 90.5 Å². The van der Waals surface area contributed by atoms with Crippen molar-refractivity contribution < 1.29 is 24.0 Å². The van der Waals surface area contributed by atoms with Crippen LogP contribution in [0.2, 0.25) is 0 Å². The van der Waals surface area contributed by atoms with Crippen molar-refractivity contribution in [2.75, 3.05) is 37.7 Å². The molecule has 338 valence electrons. The van der Waals surface area contributed by atoms with Crippen LogP contribution in [0.15, 0.2) is 54.0 Å². The average Bonchev–Trinajstić information content (AvgIpc) is 3.79. The van der Waals surface area contributed by atoms with E-state index in [9.17, 15) is 24.0 Å². The maximum atomic E-state index is 14.0. The number of carbonyl (C=O) groups is 5. The molecule has 4 atom stereocenters. The number of unbranched alkanes of at least 4 members (excludes halogenated alkanes) is 5. The zero-order valence-electron chi connectivity index (χ0n) is 38.0. The number of likely N-dealkylation sites (tertiary alicyclic amines) is 1. The highest BCUT2D eigenvalue weighted by molar-refractivity contribution is 7.13. The highest BCUT2D eigenvalue weighted by Gasteiger charge is 2.44. The van der Waals surface area contributed by atoms with Crippen LogP contribution in [0.1, 0.15) is 146 Å². The van der Waals surface area contributed by atoms with Gasteiger partial charge in [0, 0.05) is 37.2 Å². The number of amides is 4. The first-order valence-corrected chi connectivity index (χ1v) is 23.9. The highest BCUT2D eigenvalue weighted by Crippen LogP contribution is 2.30. The molecule has 13 heteroatoms. The summed E-state index contributed by atoms with van der Waals surface area (Å²) in [6, 6.07) is 13.8. The predicted octanol–water partition coefficient (Wildman–Crippen LogP) is 8.11. The van der Waals surface area contributed by atoms with Crippen LogP contribution in [0.5, 0.6) is 0 Å². The standard InChI is InChI=1S/C49H71N7O5S/c1-7-27-50-32-51-46(59)39-22-24-40(25-23-39)55-28-14-16-36(26-29-55)15-12-10-8-9-11-13-17-43(58)54-45(49(4,5)6)48(61)56-31-41(57)30-42(56)47(60)53-34(2)37-18-20-38(21-19-37)44-35(3)52-33-62-44/h18-25,33-34,36,42,45,50H,7-17,26-32H2,1-6H3,(H,51,59)(H,53,60)(H,54,58)/t34-,36?,42-,45+/m0/s1. The maximum absolute atomic E-state index is 14.0. The lowest BCUT2D eigenvalue weighted by Gasteiger charge is -2.35. The Bertz CT molecular complexity index is 1930. The second-order valence-electron chi connectivity index (χ2n) is 18.4. The zero-order valence-corrected chi connectivity index (χ0v) is 38.8. The van der Waals surface area contributed by atoms with E-state index in [1.54, 1.807) is 11.3 Å². The minimum absolute atomic E-state index is 0.0475. The molecule has 1 aromatic heterocycles. The van der Waals surface area contributed by atoms with E-state index in [-0.39, 0.29) is 42.5 Å². The van der Waals surface area contributed by atoms with Gasteiger partial charge in [0.1, 0.15) is 12.1 Å². The molecule has 2 aromatic carbocycles. The summed E-state index contributed by atoms with van der Waals surface area (Å²) in [5, 5.41) is 12.1. The van der Waals surface area contributed by atoms with Gasteiger partial charge in [-0.15, -0.1) is 11.3 Å². The van der Waals surface area contributed by atoms with Gasteiger partial charge in [0.25, 0.3) is 5.91 Å². The molecule has 5 rings (SSSR count). The number of aryl methyl sites for hydroxylation is 1. The number of anilines is 1. The number of aromatic nitrogens is 1. The first-order chi connectivity index (χ1) is 29.7. The molecule has 12 nitrogen and oxygen atoms in total. The number of nitrogens with zero attached hydrogens (tertiary/aromatic N) is 3. The smallest absolute Gasteiger partial charge is 0.252 e. The Morgan fingerprint density at radius 1 is 0.903 bits per heavy atom. The van der Waals surface area contributed by atoms with Crippen molar-refractivity contribution in [3.8, 4) is 10.4 Å². The molecule has 0 radical (unpaired) electrons. The monoisotopic (exact) mass is 870 g/mol. The molecule has 0 aliphatic carbocycles. The molecule has 0 bridgehead atoms. The number of rotatable bonds is 21. The van der Waals surface area contributed by atoms with Crippen LogP contribution in [-0.2, 0) is 19.2 Å². The first kappa shape index (κ1) is 48.4. The number of benzene rings is 2. The molecule has 2 saturated heterocycles. The second kappa shape index (κ2) is 23.7. The van der Waals surface area contributed by atoms with E-state index in [1.165, 1.54) is 49.1 Å². The summed E-state index contributed by atoms with van der Waals surface area (Å²) in [7, 11) is 0. The molecule has 1 unspecified atom stereocenters. The van der Waals surface area contributed by atoms with Gasteiger partial charge in [0.15, 0.2) is 5.78 Å². The maximum Gasteiger partial charge on any atom is 0.252 e. The van der Waals surface area contributed by atoms with E-state index in [0.717, 1.165) is 79.4 Å². The Labute approximate surface area is 373 Å². The molecule has 62 heavy (non-hydrogen) atoms. The van der Waals surface area contributed by atoms with Crippen LogP contribution >= 0.6 is 11.3 Å². The van der Waals surface area contributed by atoms with Crippen LogP contribution in [-0.4, -0.2) is 84.2 Å². The minimum atomic E-state index is -0.932. The fourth-order valence-electron chi connectivity index (χ4n) is 8.57. The van der Waals surface area contributed by atoms with Crippen molar-refractivity contribution in [1.29, 1.82) is 0 Å². The number of nitrogens with one attached hydrogen (secondary N) is 4. The molecular weight excluding hydrogens is 799 g/mol. The molecule has 2 aliphatic heterocycles. The number of ketones is 1. The third-order valence-electron chi connectivity index (χ3n) is 12.3. The van der Waals surface area contributed by atoms with Crippen molar-refractivity contribution in [2.45, 2.75) is 143 Å². The largest absolute Gasteiger partial charge is 0.372 e. The number of Topliss-reactive ketones (excluding diaryl/α,β-unsaturated/α-hetero) is 1. The van der Waals surface area contributed by atoms with Crippen LogP contribution in [0.4, 0.5) is 5.69 Å².